The molecule has 1 aromatic heterocycles. The summed E-state index contributed by atoms with van der Waals surface area (Å²) < 4.78 is 5.06. The van der Waals surface area contributed by atoms with E-state index in [4.69, 9.17) is 9.52 Å². The van der Waals surface area contributed by atoms with Gasteiger partial charge in [-0.25, -0.2) is 4.79 Å². The summed E-state index contributed by atoms with van der Waals surface area (Å²) in [6.45, 7) is 1.09. The third-order valence-electron chi connectivity index (χ3n) is 2.39. The first-order valence-corrected chi connectivity index (χ1v) is 4.76. The van der Waals surface area contributed by atoms with Crippen molar-refractivity contribution in [2.75, 3.05) is 6.54 Å². The highest BCUT2D eigenvalue weighted by Gasteiger charge is 2.21. The van der Waals surface area contributed by atoms with Crippen molar-refractivity contribution < 1.29 is 19.1 Å². The van der Waals surface area contributed by atoms with E-state index in [2.05, 4.69) is 0 Å². The fourth-order valence-corrected chi connectivity index (χ4v) is 1.64. The van der Waals surface area contributed by atoms with Crippen molar-refractivity contribution in [2.45, 2.75) is 19.4 Å². The van der Waals surface area contributed by atoms with Gasteiger partial charge in [0.1, 0.15) is 5.76 Å². The normalized spacial score (nSPS) is 16.0. The zero-order chi connectivity index (χ0) is 10.8. The molecule has 0 bridgehead atoms. The minimum absolute atomic E-state index is 0.0864. The van der Waals surface area contributed by atoms with E-state index in [-0.39, 0.29) is 11.7 Å². The Bertz CT molecular complexity index is 396. The minimum Gasteiger partial charge on any atom is -0.475 e. The number of amides is 1. The summed E-state index contributed by atoms with van der Waals surface area (Å²) in [6, 6.07) is 2.99. The topological polar surface area (TPSA) is 70.8 Å². The summed E-state index contributed by atoms with van der Waals surface area (Å²) in [5.41, 5.74) is 0. The van der Waals surface area contributed by atoms with Gasteiger partial charge < -0.3 is 14.4 Å². The molecule has 2 rings (SSSR count). The Kier molecular flexibility index (Phi) is 2.45. The number of hydrogen-bond acceptors (Lipinski definition) is 3. The molecule has 0 saturated carbocycles. The van der Waals surface area contributed by atoms with Crippen molar-refractivity contribution in [3.8, 4) is 0 Å². The van der Waals surface area contributed by atoms with Gasteiger partial charge >= 0.3 is 5.97 Å². The van der Waals surface area contributed by atoms with Crippen LogP contribution in [0.4, 0.5) is 0 Å². The molecule has 1 aliphatic rings. The van der Waals surface area contributed by atoms with Crippen molar-refractivity contribution in [1.82, 2.24) is 4.90 Å². The van der Waals surface area contributed by atoms with E-state index in [1.165, 1.54) is 6.07 Å². The lowest BCUT2D eigenvalue weighted by Crippen LogP contribution is -2.23. The van der Waals surface area contributed by atoms with Crippen molar-refractivity contribution in [1.29, 1.82) is 0 Å². The van der Waals surface area contributed by atoms with E-state index in [9.17, 15) is 9.59 Å². The molecular weight excluding hydrogens is 198 g/mol. The zero-order valence-corrected chi connectivity index (χ0v) is 8.10. The van der Waals surface area contributed by atoms with Gasteiger partial charge in [0.15, 0.2) is 0 Å². The third-order valence-corrected chi connectivity index (χ3v) is 2.39. The molecule has 1 aromatic rings. The van der Waals surface area contributed by atoms with Crippen LogP contribution in [0.1, 0.15) is 29.2 Å². The second-order valence-corrected chi connectivity index (χ2v) is 3.49. The highest BCUT2D eigenvalue weighted by molar-refractivity contribution is 5.84. The molecule has 80 valence electrons. The van der Waals surface area contributed by atoms with Gasteiger partial charge in [-0.05, 0) is 18.6 Å². The van der Waals surface area contributed by atoms with Crippen LogP contribution in [0.25, 0.3) is 0 Å². The molecule has 0 unspecified atom stereocenters. The molecule has 5 heteroatoms. The number of likely N-dealkylation sites (tertiary alicyclic amines) is 1. The minimum atomic E-state index is -1.09. The smallest absolute Gasteiger partial charge is 0.371 e. The van der Waals surface area contributed by atoms with Gasteiger partial charge in [-0.3, -0.25) is 4.79 Å². The Morgan fingerprint density at radius 2 is 2.33 bits per heavy atom. The van der Waals surface area contributed by atoms with Crippen molar-refractivity contribution in [3.05, 3.63) is 23.7 Å². The number of carbonyl (C=O) groups is 2. The van der Waals surface area contributed by atoms with E-state index < -0.39 is 5.97 Å². The molecule has 1 saturated heterocycles. The van der Waals surface area contributed by atoms with Crippen molar-refractivity contribution in [3.63, 3.8) is 0 Å². The number of hydrogen-bond donors (Lipinski definition) is 1. The molecule has 1 N–H and O–H groups in total. The van der Waals surface area contributed by atoms with Crippen LogP contribution in [0.2, 0.25) is 0 Å². The molecule has 15 heavy (non-hydrogen) atoms. The number of rotatable bonds is 3. The van der Waals surface area contributed by atoms with Gasteiger partial charge in [-0.15, -0.1) is 0 Å². The number of carbonyl (C=O) groups excluding carboxylic acids is 1. The summed E-state index contributed by atoms with van der Waals surface area (Å²) in [7, 11) is 0. The van der Waals surface area contributed by atoms with E-state index in [0.29, 0.717) is 18.7 Å². The first-order chi connectivity index (χ1) is 7.16. The van der Waals surface area contributed by atoms with E-state index >= 15 is 0 Å². The number of aromatic carboxylic acids is 1. The molecule has 1 amide bonds. The molecular formula is C10H11NO4. The summed E-state index contributed by atoms with van der Waals surface area (Å²) in [5.74, 6) is -0.559. The lowest BCUT2D eigenvalue weighted by molar-refractivity contribution is -0.128. The SMILES string of the molecule is O=C(O)c1ccc(CN2CCCC2=O)o1. The summed E-state index contributed by atoms with van der Waals surface area (Å²) in [4.78, 5) is 23.5. The maximum absolute atomic E-state index is 11.3. The average molecular weight is 209 g/mol. The lowest BCUT2D eigenvalue weighted by atomic mass is 10.4. The predicted molar refractivity (Wildman–Crippen MR) is 50.3 cm³/mol. The number of nitrogens with zero attached hydrogens (tertiary/aromatic N) is 1. The molecule has 0 aromatic carbocycles. The largest absolute Gasteiger partial charge is 0.475 e. The first kappa shape index (κ1) is 9.76. The van der Waals surface area contributed by atoms with Crippen LogP contribution >= 0.6 is 0 Å². The Hall–Kier alpha value is -1.78. The van der Waals surface area contributed by atoms with E-state index in [1.54, 1.807) is 11.0 Å². The second kappa shape index (κ2) is 3.76. The number of carboxylic acids is 1. The van der Waals surface area contributed by atoms with Gasteiger partial charge in [-0.1, -0.05) is 0 Å². The summed E-state index contributed by atoms with van der Waals surface area (Å²) in [6.07, 6.45) is 1.44. The molecule has 2 heterocycles. The van der Waals surface area contributed by atoms with Gasteiger partial charge in [-0.2, -0.15) is 0 Å². The second-order valence-electron chi connectivity index (χ2n) is 3.49. The standard InChI is InChI=1S/C10H11NO4/c12-9-2-1-5-11(9)6-7-3-4-8(15-7)10(13)14/h3-4H,1-2,5-6H2,(H,13,14). The van der Waals surface area contributed by atoms with E-state index in [0.717, 1.165) is 13.0 Å². The third kappa shape index (κ3) is 2.01. The molecule has 1 aliphatic heterocycles. The Morgan fingerprint density at radius 3 is 2.87 bits per heavy atom. The average Bonchev–Trinajstić information content (AvgIpc) is 2.77. The maximum atomic E-state index is 11.3. The summed E-state index contributed by atoms with van der Waals surface area (Å²) >= 11 is 0. The fraction of sp³-hybridized carbons (Fsp3) is 0.400. The lowest BCUT2D eigenvalue weighted by Gasteiger charge is -2.12. The number of furan rings is 1. The van der Waals surface area contributed by atoms with Crippen LogP contribution in [0, 0.1) is 0 Å². The van der Waals surface area contributed by atoms with Crippen molar-refractivity contribution in [2.24, 2.45) is 0 Å². The molecule has 5 nitrogen and oxygen atoms in total. The monoisotopic (exact) mass is 209 g/mol. The Balaban J connectivity index is 2.04. The molecule has 0 aliphatic carbocycles. The molecule has 0 spiro atoms. The quantitative estimate of drug-likeness (QED) is 0.809. The fourth-order valence-electron chi connectivity index (χ4n) is 1.64. The highest BCUT2D eigenvalue weighted by Crippen LogP contribution is 2.16. The van der Waals surface area contributed by atoms with Gasteiger partial charge in [0.2, 0.25) is 11.7 Å². The van der Waals surface area contributed by atoms with Crippen LogP contribution < -0.4 is 0 Å². The van der Waals surface area contributed by atoms with Crippen LogP contribution in [0.15, 0.2) is 16.5 Å². The predicted octanol–water partition coefficient (Wildman–Crippen LogP) is 1.10. The zero-order valence-electron chi connectivity index (χ0n) is 8.10. The highest BCUT2D eigenvalue weighted by atomic mass is 16.4. The molecule has 1 fully saturated rings. The van der Waals surface area contributed by atoms with Crippen LogP contribution in [0.5, 0.6) is 0 Å². The maximum Gasteiger partial charge on any atom is 0.371 e. The molecule has 0 atom stereocenters. The van der Waals surface area contributed by atoms with Crippen LogP contribution in [-0.4, -0.2) is 28.4 Å². The van der Waals surface area contributed by atoms with E-state index in [1.807, 2.05) is 0 Å². The van der Waals surface area contributed by atoms with Gasteiger partial charge in [0.05, 0.1) is 6.54 Å². The van der Waals surface area contributed by atoms with Crippen LogP contribution in [-0.2, 0) is 11.3 Å². The summed E-state index contributed by atoms with van der Waals surface area (Å²) in [5, 5.41) is 8.64. The van der Waals surface area contributed by atoms with Gasteiger partial charge in [0, 0.05) is 13.0 Å². The Morgan fingerprint density at radius 1 is 1.53 bits per heavy atom. The van der Waals surface area contributed by atoms with Crippen molar-refractivity contribution >= 4 is 11.9 Å². The van der Waals surface area contributed by atoms with Gasteiger partial charge in [0.25, 0.3) is 0 Å². The first-order valence-electron chi connectivity index (χ1n) is 4.76. The Labute approximate surface area is 86.3 Å². The van der Waals surface area contributed by atoms with Crippen LogP contribution in [0.3, 0.4) is 0 Å². The number of carboxylic acid groups (broad SMARTS) is 1. The molecule has 0 radical (unpaired) electrons.